The van der Waals surface area contributed by atoms with Gasteiger partial charge in [-0.05, 0) is 5.56 Å². The Balaban J connectivity index is 1.60. The molecule has 0 bridgehead atoms. The summed E-state index contributed by atoms with van der Waals surface area (Å²) < 4.78 is 11.9. The monoisotopic (exact) mass is 372 g/mol. The number of fused-ring (bicyclic) bond motifs is 1. The lowest BCUT2D eigenvalue weighted by molar-refractivity contribution is 0.120. The number of nitrogens with one attached hydrogen (secondary N) is 1. The summed E-state index contributed by atoms with van der Waals surface area (Å²) in [5, 5.41) is 15.4. The van der Waals surface area contributed by atoms with E-state index in [1.165, 1.54) is 17.4 Å². The molecule has 1 atom stereocenters. The SMILES string of the molecule is O=c1cc(N2CCOCC2)oc2c(C(O)NCc3ccccc3)csc12. The Hall–Kier alpha value is -2.19. The number of hydrogen-bond acceptors (Lipinski definition) is 7. The van der Waals surface area contributed by atoms with Gasteiger partial charge < -0.3 is 19.2 Å². The number of thiophene rings is 1. The third kappa shape index (κ3) is 3.52. The number of aliphatic hydroxyl groups is 1. The lowest BCUT2D eigenvalue weighted by Gasteiger charge is -2.27. The molecular formula is C19H20N2O4S. The highest BCUT2D eigenvalue weighted by Crippen LogP contribution is 2.30. The predicted molar refractivity (Wildman–Crippen MR) is 102 cm³/mol. The van der Waals surface area contributed by atoms with Gasteiger partial charge in [-0.3, -0.25) is 10.1 Å². The van der Waals surface area contributed by atoms with Crippen LogP contribution in [0.5, 0.6) is 0 Å². The molecule has 0 radical (unpaired) electrons. The van der Waals surface area contributed by atoms with Gasteiger partial charge in [0.05, 0.1) is 13.2 Å². The third-order valence-corrected chi connectivity index (χ3v) is 5.41. The molecule has 1 aliphatic heterocycles. The number of benzene rings is 1. The summed E-state index contributed by atoms with van der Waals surface area (Å²) in [5.74, 6) is 0.528. The zero-order chi connectivity index (χ0) is 17.9. The third-order valence-electron chi connectivity index (χ3n) is 4.42. The van der Waals surface area contributed by atoms with E-state index in [2.05, 4.69) is 5.32 Å². The van der Waals surface area contributed by atoms with E-state index in [9.17, 15) is 9.90 Å². The van der Waals surface area contributed by atoms with Crippen LogP contribution in [0.1, 0.15) is 17.4 Å². The highest BCUT2D eigenvalue weighted by Gasteiger charge is 2.20. The molecule has 0 aliphatic carbocycles. The fourth-order valence-electron chi connectivity index (χ4n) is 3.00. The molecule has 7 heteroatoms. The number of ether oxygens (including phenoxy) is 1. The highest BCUT2D eigenvalue weighted by molar-refractivity contribution is 7.17. The molecule has 1 fully saturated rings. The van der Waals surface area contributed by atoms with Crippen LogP contribution in [0.2, 0.25) is 0 Å². The average Bonchev–Trinajstić information content (AvgIpc) is 3.12. The topological polar surface area (TPSA) is 74.9 Å². The van der Waals surface area contributed by atoms with Crippen LogP contribution >= 0.6 is 11.3 Å². The molecule has 6 nitrogen and oxygen atoms in total. The minimum atomic E-state index is -0.910. The van der Waals surface area contributed by atoms with Crippen LogP contribution in [0, 0.1) is 0 Å². The van der Waals surface area contributed by atoms with Crippen molar-refractivity contribution in [2.75, 3.05) is 31.2 Å². The number of aliphatic hydroxyl groups excluding tert-OH is 1. The molecule has 2 aromatic heterocycles. The molecule has 0 saturated carbocycles. The van der Waals surface area contributed by atoms with Gasteiger partial charge in [-0.2, -0.15) is 0 Å². The van der Waals surface area contributed by atoms with Crippen LogP contribution < -0.4 is 15.6 Å². The smallest absolute Gasteiger partial charge is 0.204 e. The van der Waals surface area contributed by atoms with E-state index in [1.807, 2.05) is 35.2 Å². The fraction of sp³-hybridized carbons (Fsp3) is 0.316. The second kappa shape index (κ2) is 7.59. The molecule has 3 heterocycles. The molecule has 0 amide bonds. The van der Waals surface area contributed by atoms with Crippen LogP contribution in [0.25, 0.3) is 10.3 Å². The van der Waals surface area contributed by atoms with Gasteiger partial charge in [0.2, 0.25) is 5.43 Å². The minimum absolute atomic E-state index is 0.0840. The Morgan fingerprint density at radius 2 is 2.00 bits per heavy atom. The molecule has 1 aliphatic rings. The standard InChI is InChI=1S/C19H20N2O4S/c22-15-10-16(21-6-8-24-9-7-21)25-17-14(12-26-18(15)17)19(23)20-11-13-4-2-1-3-5-13/h1-5,10,12,19-20,23H,6-9,11H2. The summed E-state index contributed by atoms with van der Waals surface area (Å²) in [7, 11) is 0. The molecule has 1 saturated heterocycles. The number of anilines is 1. The largest absolute Gasteiger partial charge is 0.439 e. The Kier molecular flexibility index (Phi) is 5.03. The Morgan fingerprint density at radius 1 is 1.23 bits per heavy atom. The van der Waals surface area contributed by atoms with Gasteiger partial charge in [0.15, 0.2) is 11.5 Å². The van der Waals surface area contributed by atoms with Crippen LogP contribution in [0.3, 0.4) is 0 Å². The van der Waals surface area contributed by atoms with Gasteiger partial charge in [-0.15, -0.1) is 11.3 Å². The van der Waals surface area contributed by atoms with Crippen molar-refractivity contribution in [2.45, 2.75) is 12.8 Å². The van der Waals surface area contributed by atoms with Crippen LogP contribution in [0.4, 0.5) is 5.88 Å². The summed E-state index contributed by atoms with van der Waals surface area (Å²) >= 11 is 1.30. The second-order valence-electron chi connectivity index (χ2n) is 6.17. The Bertz CT molecular complexity index is 932. The minimum Gasteiger partial charge on any atom is -0.439 e. The molecule has 1 unspecified atom stereocenters. The van der Waals surface area contributed by atoms with Gasteiger partial charge in [0.25, 0.3) is 0 Å². The van der Waals surface area contributed by atoms with Crippen LogP contribution in [0.15, 0.2) is 51.0 Å². The molecule has 2 N–H and O–H groups in total. The van der Waals surface area contributed by atoms with Crippen molar-refractivity contribution in [3.8, 4) is 0 Å². The van der Waals surface area contributed by atoms with E-state index in [4.69, 9.17) is 9.15 Å². The van der Waals surface area contributed by atoms with E-state index >= 15 is 0 Å². The van der Waals surface area contributed by atoms with Gasteiger partial charge >= 0.3 is 0 Å². The van der Waals surface area contributed by atoms with Crippen molar-refractivity contribution in [3.63, 3.8) is 0 Å². The molecule has 1 aromatic carbocycles. The van der Waals surface area contributed by atoms with E-state index in [-0.39, 0.29) is 5.43 Å². The quantitative estimate of drug-likeness (QED) is 0.670. The molecule has 26 heavy (non-hydrogen) atoms. The first-order chi connectivity index (χ1) is 12.7. The fourth-order valence-corrected chi connectivity index (χ4v) is 3.92. The maximum absolute atomic E-state index is 12.4. The number of rotatable bonds is 5. The van der Waals surface area contributed by atoms with Crippen molar-refractivity contribution in [2.24, 2.45) is 0 Å². The Morgan fingerprint density at radius 3 is 2.77 bits per heavy atom. The predicted octanol–water partition coefficient (Wildman–Crippen LogP) is 2.47. The first-order valence-electron chi connectivity index (χ1n) is 8.55. The first kappa shape index (κ1) is 17.2. The van der Waals surface area contributed by atoms with Crippen molar-refractivity contribution >= 4 is 27.5 Å². The van der Waals surface area contributed by atoms with E-state index in [0.29, 0.717) is 54.6 Å². The summed E-state index contributed by atoms with van der Waals surface area (Å²) in [6.07, 6.45) is -0.910. The molecule has 3 aromatic rings. The van der Waals surface area contributed by atoms with Crippen molar-refractivity contribution in [1.82, 2.24) is 5.32 Å². The van der Waals surface area contributed by atoms with E-state index in [1.54, 1.807) is 5.38 Å². The second-order valence-corrected chi connectivity index (χ2v) is 7.05. The first-order valence-corrected chi connectivity index (χ1v) is 9.43. The van der Waals surface area contributed by atoms with Crippen LogP contribution in [-0.2, 0) is 11.3 Å². The maximum atomic E-state index is 12.4. The lowest BCUT2D eigenvalue weighted by Crippen LogP contribution is -2.36. The van der Waals surface area contributed by atoms with Crippen molar-refractivity contribution in [3.05, 3.63) is 63.1 Å². The number of nitrogens with zero attached hydrogens (tertiary/aromatic N) is 1. The lowest BCUT2D eigenvalue weighted by atomic mass is 10.2. The average molecular weight is 372 g/mol. The molecular weight excluding hydrogens is 352 g/mol. The molecule has 4 rings (SSSR count). The zero-order valence-corrected chi connectivity index (χ0v) is 15.0. The normalized spacial score (nSPS) is 16.1. The van der Waals surface area contributed by atoms with E-state index in [0.717, 1.165) is 5.56 Å². The van der Waals surface area contributed by atoms with Crippen LogP contribution in [-0.4, -0.2) is 31.4 Å². The van der Waals surface area contributed by atoms with Gasteiger partial charge in [0.1, 0.15) is 10.9 Å². The van der Waals surface area contributed by atoms with Crippen molar-refractivity contribution < 1.29 is 14.3 Å². The van der Waals surface area contributed by atoms with Crippen molar-refractivity contribution in [1.29, 1.82) is 0 Å². The molecule has 136 valence electrons. The number of hydrogen-bond donors (Lipinski definition) is 2. The highest BCUT2D eigenvalue weighted by atomic mass is 32.1. The maximum Gasteiger partial charge on any atom is 0.204 e. The number of morpholine rings is 1. The summed E-state index contributed by atoms with van der Waals surface area (Å²) in [4.78, 5) is 14.4. The zero-order valence-electron chi connectivity index (χ0n) is 14.2. The molecule has 0 spiro atoms. The Labute approximate surface area is 154 Å². The van der Waals surface area contributed by atoms with Gasteiger partial charge in [0, 0.05) is 36.6 Å². The van der Waals surface area contributed by atoms with Gasteiger partial charge in [-0.1, -0.05) is 30.3 Å². The summed E-state index contributed by atoms with van der Waals surface area (Å²) in [5.41, 5.74) is 2.03. The summed E-state index contributed by atoms with van der Waals surface area (Å²) in [6.45, 7) is 3.11. The van der Waals surface area contributed by atoms with E-state index < -0.39 is 6.23 Å². The van der Waals surface area contributed by atoms with Gasteiger partial charge in [-0.25, -0.2) is 0 Å². The summed E-state index contributed by atoms with van der Waals surface area (Å²) in [6, 6.07) is 11.4.